The van der Waals surface area contributed by atoms with Crippen LogP contribution < -0.4 is 5.32 Å². The van der Waals surface area contributed by atoms with E-state index in [1.54, 1.807) is 0 Å². The van der Waals surface area contributed by atoms with Crippen molar-refractivity contribution in [2.45, 2.75) is 31.8 Å². The van der Waals surface area contributed by atoms with Gasteiger partial charge < -0.3 is 5.32 Å². The second-order valence-corrected chi connectivity index (χ2v) is 5.89. The Hall–Kier alpha value is -0.930. The van der Waals surface area contributed by atoms with Gasteiger partial charge in [0.05, 0.1) is 0 Å². The van der Waals surface area contributed by atoms with Gasteiger partial charge in [0.1, 0.15) is 4.99 Å². The Bertz CT molecular complexity index is 421. The molecule has 1 aromatic rings. The van der Waals surface area contributed by atoms with Crippen molar-refractivity contribution < 1.29 is 0 Å². The van der Waals surface area contributed by atoms with Crippen LogP contribution in [0, 0.1) is 5.92 Å². The van der Waals surface area contributed by atoms with Crippen LogP contribution in [0.4, 0.5) is 0 Å². The van der Waals surface area contributed by atoms with Gasteiger partial charge in [-0.05, 0) is 38.8 Å². The van der Waals surface area contributed by atoms with E-state index in [9.17, 15) is 0 Å². The molecule has 0 radical (unpaired) electrons. The number of nitrogens with zero attached hydrogens (tertiary/aromatic N) is 1. The molecule has 3 aliphatic rings. The zero-order valence-electron chi connectivity index (χ0n) is 10.8. The number of fused-ring (bicyclic) bond motifs is 3. The molecule has 2 bridgehead atoms. The van der Waals surface area contributed by atoms with Gasteiger partial charge >= 0.3 is 0 Å². The molecule has 18 heavy (non-hydrogen) atoms. The largest absolute Gasteiger partial charge is 0.371 e. The molecule has 2 atom stereocenters. The molecule has 3 saturated heterocycles. The van der Waals surface area contributed by atoms with Crippen molar-refractivity contribution in [2.75, 3.05) is 13.1 Å². The van der Waals surface area contributed by atoms with E-state index in [0.29, 0.717) is 12.1 Å². The minimum Gasteiger partial charge on any atom is -0.371 e. The van der Waals surface area contributed by atoms with Gasteiger partial charge in [-0.3, -0.25) is 4.90 Å². The van der Waals surface area contributed by atoms with E-state index >= 15 is 0 Å². The maximum atomic E-state index is 5.54. The third kappa shape index (κ3) is 2.17. The first-order valence-electron chi connectivity index (χ1n) is 6.85. The topological polar surface area (TPSA) is 15.3 Å². The third-order valence-electron chi connectivity index (χ3n) is 4.51. The highest BCUT2D eigenvalue weighted by Gasteiger charge is 2.39. The van der Waals surface area contributed by atoms with E-state index < -0.39 is 0 Å². The molecule has 96 valence electrons. The normalized spacial score (nSPS) is 34.3. The average molecular weight is 260 g/mol. The first-order chi connectivity index (χ1) is 8.75. The molecule has 3 heterocycles. The second kappa shape index (κ2) is 4.98. The van der Waals surface area contributed by atoms with Crippen LogP contribution in [-0.2, 0) is 0 Å². The number of thiocarbonyl (C=S) groups is 1. The highest BCUT2D eigenvalue weighted by atomic mass is 32.1. The van der Waals surface area contributed by atoms with Crippen molar-refractivity contribution in [3.05, 3.63) is 35.9 Å². The molecule has 2 unspecified atom stereocenters. The summed E-state index contributed by atoms with van der Waals surface area (Å²) in [5, 5.41) is 3.61. The lowest BCUT2D eigenvalue weighted by Crippen LogP contribution is -2.62. The molecule has 3 fully saturated rings. The molecule has 3 heteroatoms. The minimum atomic E-state index is 0.528. The lowest BCUT2D eigenvalue weighted by molar-refractivity contribution is 0.0303. The molecule has 1 aromatic carbocycles. The van der Waals surface area contributed by atoms with Gasteiger partial charge in [0.25, 0.3) is 0 Å². The molecule has 0 aliphatic carbocycles. The smallest absolute Gasteiger partial charge is 0.106 e. The van der Waals surface area contributed by atoms with E-state index in [0.717, 1.165) is 16.5 Å². The molecule has 0 saturated carbocycles. The summed E-state index contributed by atoms with van der Waals surface area (Å²) in [5.41, 5.74) is 1.14. The van der Waals surface area contributed by atoms with Crippen LogP contribution >= 0.6 is 12.2 Å². The first-order valence-corrected chi connectivity index (χ1v) is 7.26. The fraction of sp³-hybridized carbons (Fsp3) is 0.533. The van der Waals surface area contributed by atoms with Crippen LogP contribution in [0.1, 0.15) is 25.3 Å². The van der Waals surface area contributed by atoms with Gasteiger partial charge in [-0.15, -0.1) is 0 Å². The molecular formula is C15H20N2S. The Kier molecular flexibility index (Phi) is 3.35. The monoisotopic (exact) mass is 260 g/mol. The van der Waals surface area contributed by atoms with Gasteiger partial charge in [0.15, 0.2) is 0 Å². The van der Waals surface area contributed by atoms with Gasteiger partial charge in [-0.2, -0.15) is 0 Å². The zero-order valence-corrected chi connectivity index (χ0v) is 11.6. The summed E-state index contributed by atoms with van der Waals surface area (Å²) >= 11 is 5.54. The predicted octanol–water partition coefficient (Wildman–Crippen LogP) is 2.43. The van der Waals surface area contributed by atoms with Crippen LogP contribution in [0.3, 0.4) is 0 Å². The van der Waals surface area contributed by atoms with E-state index in [1.165, 1.54) is 25.9 Å². The highest BCUT2D eigenvalue weighted by Crippen LogP contribution is 2.32. The van der Waals surface area contributed by atoms with E-state index in [-0.39, 0.29) is 0 Å². The number of benzene rings is 1. The van der Waals surface area contributed by atoms with E-state index in [1.807, 2.05) is 18.2 Å². The molecule has 4 rings (SSSR count). The SMILES string of the molecule is CC1C(NC(=S)c2ccccc2)C2CCN1CC2. The summed E-state index contributed by atoms with van der Waals surface area (Å²) in [5.74, 6) is 0.798. The summed E-state index contributed by atoms with van der Waals surface area (Å²) in [7, 11) is 0. The van der Waals surface area contributed by atoms with E-state index in [4.69, 9.17) is 12.2 Å². The maximum absolute atomic E-state index is 5.54. The number of nitrogens with one attached hydrogen (secondary N) is 1. The molecule has 1 N–H and O–H groups in total. The number of hydrogen-bond donors (Lipinski definition) is 1. The Labute approximate surface area is 114 Å². The lowest BCUT2D eigenvalue weighted by Gasteiger charge is -2.50. The number of hydrogen-bond acceptors (Lipinski definition) is 2. The fourth-order valence-corrected chi connectivity index (χ4v) is 3.64. The van der Waals surface area contributed by atoms with Crippen molar-refractivity contribution in [3.8, 4) is 0 Å². The number of rotatable bonds is 2. The van der Waals surface area contributed by atoms with Crippen molar-refractivity contribution in [1.82, 2.24) is 10.2 Å². The zero-order chi connectivity index (χ0) is 12.5. The summed E-state index contributed by atoms with van der Waals surface area (Å²) in [6.45, 7) is 4.86. The first kappa shape index (κ1) is 12.1. The summed E-state index contributed by atoms with van der Waals surface area (Å²) in [6.07, 6.45) is 2.64. The Morgan fingerprint density at radius 2 is 1.89 bits per heavy atom. The minimum absolute atomic E-state index is 0.528. The van der Waals surface area contributed by atoms with Crippen molar-refractivity contribution in [3.63, 3.8) is 0 Å². The van der Waals surface area contributed by atoms with Crippen LogP contribution in [-0.4, -0.2) is 35.1 Å². The van der Waals surface area contributed by atoms with Crippen LogP contribution in [0.5, 0.6) is 0 Å². The van der Waals surface area contributed by atoms with Gasteiger partial charge in [-0.1, -0.05) is 42.5 Å². The molecular weight excluding hydrogens is 240 g/mol. The summed E-state index contributed by atoms with van der Waals surface area (Å²) in [4.78, 5) is 3.49. The lowest BCUT2D eigenvalue weighted by atomic mass is 9.79. The second-order valence-electron chi connectivity index (χ2n) is 5.48. The molecule has 0 spiro atoms. The van der Waals surface area contributed by atoms with E-state index in [2.05, 4.69) is 29.3 Å². The molecule has 3 aliphatic heterocycles. The Morgan fingerprint density at radius 1 is 1.22 bits per heavy atom. The standard InChI is InChI=1S/C15H20N2S/c1-11-14(12-7-9-17(11)10-8-12)16-15(18)13-5-3-2-4-6-13/h2-6,11-12,14H,7-10H2,1H3,(H,16,18). The van der Waals surface area contributed by atoms with Crippen LogP contribution in [0.15, 0.2) is 30.3 Å². The van der Waals surface area contributed by atoms with Crippen molar-refractivity contribution in [2.24, 2.45) is 5.92 Å². The quantitative estimate of drug-likeness (QED) is 0.822. The number of piperidine rings is 3. The summed E-state index contributed by atoms with van der Waals surface area (Å²) in [6, 6.07) is 11.4. The van der Waals surface area contributed by atoms with Crippen LogP contribution in [0.25, 0.3) is 0 Å². The summed E-state index contributed by atoms with van der Waals surface area (Å²) < 4.78 is 0. The van der Waals surface area contributed by atoms with Gasteiger partial charge in [-0.25, -0.2) is 0 Å². The van der Waals surface area contributed by atoms with Crippen molar-refractivity contribution >= 4 is 17.2 Å². The molecule has 0 aromatic heterocycles. The third-order valence-corrected chi connectivity index (χ3v) is 4.87. The fourth-order valence-electron chi connectivity index (χ4n) is 3.37. The Morgan fingerprint density at radius 3 is 2.50 bits per heavy atom. The Balaban J connectivity index is 1.71. The van der Waals surface area contributed by atoms with Gasteiger partial charge in [0, 0.05) is 17.6 Å². The molecule has 0 amide bonds. The highest BCUT2D eigenvalue weighted by molar-refractivity contribution is 7.80. The molecule has 2 nitrogen and oxygen atoms in total. The van der Waals surface area contributed by atoms with Crippen LogP contribution in [0.2, 0.25) is 0 Å². The van der Waals surface area contributed by atoms with Crippen molar-refractivity contribution in [1.29, 1.82) is 0 Å². The maximum Gasteiger partial charge on any atom is 0.106 e. The predicted molar refractivity (Wildman–Crippen MR) is 78.8 cm³/mol. The van der Waals surface area contributed by atoms with Gasteiger partial charge in [0.2, 0.25) is 0 Å². The average Bonchev–Trinajstić information content (AvgIpc) is 2.44.